The Balaban J connectivity index is 1.34. The van der Waals surface area contributed by atoms with E-state index in [-0.39, 0.29) is 11.9 Å². The van der Waals surface area contributed by atoms with E-state index in [9.17, 15) is 9.59 Å². The largest absolute Gasteiger partial charge is 0.497 e. The third-order valence-electron chi connectivity index (χ3n) is 5.90. The van der Waals surface area contributed by atoms with Gasteiger partial charge < -0.3 is 20.1 Å². The van der Waals surface area contributed by atoms with Gasteiger partial charge in [-0.25, -0.2) is 4.79 Å². The number of benzene rings is 2. The highest BCUT2D eigenvalue weighted by Gasteiger charge is 2.28. The van der Waals surface area contributed by atoms with Gasteiger partial charge in [0.15, 0.2) is 0 Å². The van der Waals surface area contributed by atoms with Crippen molar-refractivity contribution >= 4 is 23.3 Å². The molecule has 2 N–H and O–H groups in total. The SMILES string of the molecule is COc1ccc(NC(=O)N2CCc3c(C(=O)NCCCN4CCOCC4)cccc32)cc1. The second-order valence-electron chi connectivity index (χ2n) is 7.93. The zero-order valence-electron chi connectivity index (χ0n) is 18.4. The van der Waals surface area contributed by atoms with Gasteiger partial charge in [0.2, 0.25) is 0 Å². The molecule has 2 heterocycles. The number of ether oxygens (including phenoxy) is 2. The van der Waals surface area contributed by atoms with Crippen molar-refractivity contribution < 1.29 is 19.1 Å². The van der Waals surface area contributed by atoms with E-state index in [4.69, 9.17) is 9.47 Å². The Hall–Kier alpha value is -3.10. The van der Waals surface area contributed by atoms with Gasteiger partial charge in [-0.2, -0.15) is 0 Å². The Kier molecular flexibility index (Phi) is 7.24. The Bertz CT molecular complexity index is 942. The molecule has 0 aromatic heterocycles. The Morgan fingerprint density at radius 3 is 2.59 bits per heavy atom. The first-order valence-corrected chi connectivity index (χ1v) is 11.1. The summed E-state index contributed by atoms with van der Waals surface area (Å²) in [5.74, 6) is 0.649. The first kappa shape index (κ1) is 22.1. The normalized spacial score (nSPS) is 15.8. The molecule has 2 aromatic carbocycles. The van der Waals surface area contributed by atoms with Crippen LogP contribution < -0.4 is 20.3 Å². The van der Waals surface area contributed by atoms with E-state index < -0.39 is 0 Å². The maximum atomic E-state index is 12.8. The lowest BCUT2D eigenvalue weighted by Gasteiger charge is -2.26. The molecule has 0 aliphatic carbocycles. The molecule has 0 atom stereocenters. The van der Waals surface area contributed by atoms with E-state index >= 15 is 0 Å². The van der Waals surface area contributed by atoms with Gasteiger partial charge >= 0.3 is 6.03 Å². The Labute approximate surface area is 188 Å². The van der Waals surface area contributed by atoms with Crippen molar-refractivity contribution in [3.63, 3.8) is 0 Å². The summed E-state index contributed by atoms with van der Waals surface area (Å²) in [6, 6.07) is 12.6. The number of nitrogens with one attached hydrogen (secondary N) is 2. The zero-order valence-corrected chi connectivity index (χ0v) is 18.4. The molecule has 1 fully saturated rings. The molecule has 8 nitrogen and oxygen atoms in total. The van der Waals surface area contributed by atoms with Crippen molar-refractivity contribution in [2.24, 2.45) is 0 Å². The highest BCUT2D eigenvalue weighted by molar-refractivity contribution is 6.05. The van der Waals surface area contributed by atoms with Crippen LogP contribution in [0.25, 0.3) is 0 Å². The van der Waals surface area contributed by atoms with Gasteiger partial charge in [0.1, 0.15) is 5.75 Å². The summed E-state index contributed by atoms with van der Waals surface area (Å²) in [7, 11) is 1.60. The minimum atomic E-state index is -0.211. The van der Waals surface area contributed by atoms with Crippen LogP contribution >= 0.6 is 0 Å². The van der Waals surface area contributed by atoms with Crippen molar-refractivity contribution in [1.82, 2.24) is 10.2 Å². The molecule has 3 amide bonds. The minimum Gasteiger partial charge on any atom is -0.497 e. The summed E-state index contributed by atoms with van der Waals surface area (Å²) in [5, 5.41) is 5.95. The Morgan fingerprint density at radius 2 is 1.84 bits per heavy atom. The fourth-order valence-electron chi connectivity index (χ4n) is 4.15. The number of anilines is 2. The molecular weight excluding hydrogens is 408 g/mol. The molecule has 2 aromatic rings. The fraction of sp³-hybridized carbons (Fsp3) is 0.417. The number of rotatable bonds is 7. The molecule has 0 saturated carbocycles. The lowest BCUT2D eigenvalue weighted by Crippen LogP contribution is -2.38. The quantitative estimate of drug-likeness (QED) is 0.650. The molecular formula is C24H30N4O4. The number of fused-ring (bicyclic) bond motifs is 1. The summed E-state index contributed by atoms with van der Waals surface area (Å²) in [5.41, 5.74) is 3.05. The number of hydrogen-bond donors (Lipinski definition) is 2. The van der Waals surface area contributed by atoms with Crippen LogP contribution in [0.2, 0.25) is 0 Å². The molecule has 0 unspecified atom stereocenters. The highest BCUT2D eigenvalue weighted by atomic mass is 16.5. The van der Waals surface area contributed by atoms with Crippen LogP contribution in [-0.4, -0.2) is 69.9 Å². The minimum absolute atomic E-state index is 0.0822. The lowest BCUT2D eigenvalue weighted by atomic mass is 10.0. The second-order valence-corrected chi connectivity index (χ2v) is 7.93. The number of nitrogens with zero attached hydrogens (tertiary/aromatic N) is 2. The maximum Gasteiger partial charge on any atom is 0.326 e. The van der Waals surface area contributed by atoms with Gasteiger partial charge in [0.25, 0.3) is 5.91 Å². The Morgan fingerprint density at radius 1 is 1.06 bits per heavy atom. The van der Waals surface area contributed by atoms with E-state index in [1.165, 1.54) is 0 Å². The summed E-state index contributed by atoms with van der Waals surface area (Å²) in [4.78, 5) is 29.7. The summed E-state index contributed by atoms with van der Waals surface area (Å²) < 4.78 is 10.5. The molecule has 2 aliphatic rings. The van der Waals surface area contributed by atoms with Crippen LogP contribution in [0.4, 0.5) is 16.2 Å². The van der Waals surface area contributed by atoms with Gasteiger partial charge in [-0.3, -0.25) is 14.6 Å². The first-order valence-electron chi connectivity index (χ1n) is 11.1. The highest BCUT2D eigenvalue weighted by Crippen LogP contribution is 2.31. The second kappa shape index (κ2) is 10.5. The van der Waals surface area contributed by atoms with Gasteiger partial charge in [-0.05, 0) is 61.3 Å². The van der Waals surface area contributed by atoms with E-state index in [0.717, 1.165) is 56.3 Å². The van der Waals surface area contributed by atoms with Gasteiger partial charge in [-0.1, -0.05) is 6.07 Å². The summed E-state index contributed by atoms with van der Waals surface area (Å²) in [6.45, 7) is 5.59. The van der Waals surface area contributed by atoms with E-state index in [0.29, 0.717) is 30.8 Å². The van der Waals surface area contributed by atoms with Crippen molar-refractivity contribution in [2.45, 2.75) is 12.8 Å². The fourth-order valence-corrected chi connectivity index (χ4v) is 4.15. The van der Waals surface area contributed by atoms with Gasteiger partial charge in [0.05, 0.1) is 20.3 Å². The number of carbonyl (C=O) groups excluding carboxylic acids is 2. The topological polar surface area (TPSA) is 83.1 Å². The third kappa shape index (κ3) is 5.20. The van der Waals surface area contributed by atoms with Crippen molar-refractivity contribution in [3.05, 3.63) is 53.6 Å². The smallest absolute Gasteiger partial charge is 0.326 e. The van der Waals surface area contributed by atoms with Crippen LogP contribution in [0.3, 0.4) is 0 Å². The predicted octanol–water partition coefficient (Wildman–Crippen LogP) is 2.74. The van der Waals surface area contributed by atoms with Crippen LogP contribution in [0, 0.1) is 0 Å². The number of methoxy groups -OCH3 is 1. The number of amides is 3. The molecule has 170 valence electrons. The van der Waals surface area contributed by atoms with Crippen LogP contribution in [-0.2, 0) is 11.2 Å². The molecule has 1 saturated heterocycles. The van der Waals surface area contributed by atoms with E-state index in [1.807, 2.05) is 18.2 Å². The van der Waals surface area contributed by atoms with Crippen molar-refractivity contribution in [1.29, 1.82) is 0 Å². The third-order valence-corrected chi connectivity index (χ3v) is 5.90. The average molecular weight is 439 g/mol. The summed E-state index contributed by atoms with van der Waals surface area (Å²) in [6.07, 6.45) is 1.56. The molecule has 0 spiro atoms. The van der Waals surface area contributed by atoms with E-state index in [2.05, 4.69) is 15.5 Å². The average Bonchev–Trinajstić information content (AvgIpc) is 3.27. The van der Waals surface area contributed by atoms with Crippen molar-refractivity contribution in [2.75, 3.05) is 63.3 Å². The molecule has 0 bridgehead atoms. The molecule has 0 radical (unpaired) electrons. The number of carbonyl (C=O) groups is 2. The predicted molar refractivity (Wildman–Crippen MR) is 124 cm³/mol. The first-order chi connectivity index (χ1) is 15.7. The monoisotopic (exact) mass is 438 g/mol. The number of hydrogen-bond acceptors (Lipinski definition) is 5. The molecule has 8 heteroatoms. The van der Waals surface area contributed by atoms with E-state index in [1.54, 1.807) is 36.3 Å². The van der Waals surface area contributed by atoms with Gasteiger partial charge in [0, 0.05) is 43.1 Å². The van der Waals surface area contributed by atoms with Crippen LogP contribution in [0.15, 0.2) is 42.5 Å². The van der Waals surface area contributed by atoms with Crippen molar-refractivity contribution in [3.8, 4) is 5.75 Å². The van der Waals surface area contributed by atoms with Gasteiger partial charge in [-0.15, -0.1) is 0 Å². The summed E-state index contributed by atoms with van der Waals surface area (Å²) >= 11 is 0. The number of morpholine rings is 1. The maximum absolute atomic E-state index is 12.8. The molecule has 2 aliphatic heterocycles. The molecule has 32 heavy (non-hydrogen) atoms. The van der Waals surface area contributed by atoms with Crippen LogP contribution in [0.1, 0.15) is 22.3 Å². The lowest BCUT2D eigenvalue weighted by molar-refractivity contribution is 0.0374. The zero-order chi connectivity index (χ0) is 22.3. The molecule has 4 rings (SSSR count). The number of urea groups is 1. The van der Waals surface area contributed by atoms with Crippen LogP contribution in [0.5, 0.6) is 5.75 Å². The standard InChI is InChI=1S/C24H30N4O4/c1-31-19-8-6-18(7-9-19)26-24(30)28-13-10-20-21(4-2-5-22(20)28)23(29)25-11-3-12-27-14-16-32-17-15-27/h2,4-9H,3,10-17H2,1H3,(H,25,29)(H,26,30).